The van der Waals surface area contributed by atoms with Crippen molar-refractivity contribution in [2.45, 2.75) is 31.1 Å². The molecule has 1 aromatic rings. The first-order valence-electron chi connectivity index (χ1n) is 6.36. The summed E-state index contributed by atoms with van der Waals surface area (Å²) in [6.45, 7) is 3.23. The van der Waals surface area contributed by atoms with Crippen molar-refractivity contribution in [3.63, 3.8) is 0 Å². The summed E-state index contributed by atoms with van der Waals surface area (Å²) in [7, 11) is -3.49. The van der Waals surface area contributed by atoms with Gasteiger partial charge in [0.2, 0.25) is 16.0 Å². The van der Waals surface area contributed by atoms with Crippen LogP contribution in [0.2, 0.25) is 0 Å². The summed E-state index contributed by atoms with van der Waals surface area (Å²) in [5.74, 6) is 5.79. The molecule has 2 rings (SSSR count). The van der Waals surface area contributed by atoms with Gasteiger partial charge in [0.1, 0.15) is 4.90 Å². The van der Waals surface area contributed by atoms with Crippen LogP contribution in [0.4, 0.5) is 5.95 Å². The number of aromatic nitrogens is 2. The van der Waals surface area contributed by atoms with E-state index in [4.69, 9.17) is 5.84 Å². The SMILES string of the molecule is CCC1CCCN(S(=O)(=O)c2cnc(NN)nc2)C1. The molecule has 1 atom stereocenters. The predicted molar refractivity (Wildman–Crippen MR) is 71.6 cm³/mol. The summed E-state index contributed by atoms with van der Waals surface area (Å²) in [6.07, 6.45) is 5.56. The summed E-state index contributed by atoms with van der Waals surface area (Å²) in [5.41, 5.74) is 2.27. The summed E-state index contributed by atoms with van der Waals surface area (Å²) < 4.78 is 26.4. The first kappa shape index (κ1) is 14.2. The summed E-state index contributed by atoms with van der Waals surface area (Å²) in [5, 5.41) is 0. The maximum atomic E-state index is 12.4. The number of nitrogen functional groups attached to an aromatic ring is 1. The number of sulfonamides is 1. The normalized spacial score (nSPS) is 21.3. The fourth-order valence-electron chi connectivity index (χ4n) is 2.25. The van der Waals surface area contributed by atoms with E-state index in [1.807, 2.05) is 0 Å². The van der Waals surface area contributed by atoms with Crippen molar-refractivity contribution in [3.8, 4) is 0 Å². The van der Waals surface area contributed by atoms with Crippen molar-refractivity contribution in [2.24, 2.45) is 11.8 Å². The van der Waals surface area contributed by atoms with Gasteiger partial charge in [0.05, 0.1) is 12.4 Å². The predicted octanol–water partition coefficient (Wildman–Crippen LogP) is 0.573. The fraction of sp³-hybridized carbons (Fsp3) is 0.636. The van der Waals surface area contributed by atoms with E-state index in [1.165, 1.54) is 16.7 Å². The lowest BCUT2D eigenvalue weighted by molar-refractivity contribution is 0.261. The Morgan fingerprint density at radius 1 is 1.47 bits per heavy atom. The van der Waals surface area contributed by atoms with Crippen LogP contribution in [0.5, 0.6) is 0 Å². The van der Waals surface area contributed by atoms with E-state index in [-0.39, 0.29) is 10.8 Å². The van der Waals surface area contributed by atoms with Crippen LogP contribution in [0.1, 0.15) is 26.2 Å². The molecule has 1 saturated heterocycles. The van der Waals surface area contributed by atoms with Crippen molar-refractivity contribution in [1.29, 1.82) is 0 Å². The lowest BCUT2D eigenvalue weighted by Gasteiger charge is -2.31. The van der Waals surface area contributed by atoms with E-state index < -0.39 is 10.0 Å². The molecule has 8 heteroatoms. The minimum Gasteiger partial charge on any atom is -0.292 e. The van der Waals surface area contributed by atoms with E-state index in [1.54, 1.807) is 0 Å². The topological polar surface area (TPSA) is 101 Å². The van der Waals surface area contributed by atoms with Gasteiger partial charge in [0.15, 0.2) is 0 Å². The first-order valence-corrected chi connectivity index (χ1v) is 7.80. The van der Waals surface area contributed by atoms with Crippen molar-refractivity contribution >= 4 is 16.0 Å². The molecule has 0 bridgehead atoms. The Morgan fingerprint density at radius 2 is 2.16 bits per heavy atom. The van der Waals surface area contributed by atoms with Crippen LogP contribution in [-0.4, -0.2) is 35.8 Å². The molecule has 0 amide bonds. The van der Waals surface area contributed by atoms with Gasteiger partial charge < -0.3 is 0 Å². The van der Waals surface area contributed by atoms with Crippen LogP contribution < -0.4 is 11.3 Å². The minimum atomic E-state index is -3.49. The zero-order chi connectivity index (χ0) is 13.9. The van der Waals surface area contributed by atoms with Crippen LogP contribution in [0.3, 0.4) is 0 Å². The summed E-state index contributed by atoms with van der Waals surface area (Å²) in [6, 6.07) is 0. The highest BCUT2D eigenvalue weighted by Crippen LogP contribution is 2.24. The van der Waals surface area contributed by atoms with Crippen molar-refractivity contribution in [2.75, 3.05) is 18.5 Å². The minimum absolute atomic E-state index is 0.114. The standard InChI is InChI=1S/C11H19N5O2S/c1-2-9-4-3-5-16(8-9)19(17,18)10-6-13-11(15-12)14-7-10/h6-7,9H,2-5,8,12H2,1H3,(H,13,14,15). The molecule has 1 unspecified atom stereocenters. The molecule has 2 heterocycles. The fourth-order valence-corrected chi connectivity index (χ4v) is 3.70. The summed E-state index contributed by atoms with van der Waals surface area (Å²) in [4.78, 5) is 7.80. The molecule has 0 aliphatic carbocycles. The maximum Gasteiger partial charge on any atom is 0.246 e. The first-order chi connectivity index (χ1) is 9.07. The van der Waals surface area contributed by atoms with Gasteiger partial charge in [-0.3, -0.25) is 5.43 Å². The zero-order valence-corrected chi connectivity index (χ0v) is 11.7. The average molecular weight is 285 g/mol. The maximum absolute atomic E-state index is 12.4. The Hall–Kier alpha value is -1.25. The molecule has 1 aliphatic heterocycles. The van der Waals surface area contributed by atoms with Gasteiger partial charge in [-0.2, -0.15) is 4.31 Å². The van der Waals surface area contributed by atoms with Crippen molar-refractivity contribution in [1.82, 2.24) is 14.3 Å². The summed E-state index contributed by atoms with van der Waals surface area (Å²) >= 11 is 0. The quantitative estimate of drug-likeness (QED) is 0.619. The molecule has 1 aliphatic rings. The molecule has 19 heavy (non-hydrogen) atoms. The molecular weight excluding hydrogens is 266 g/mol. The second-order valence-electron chi connectivity index (χ2n) is 4.67. The molecule has 0 radical (unpaired) electrons. The van der Waals surface area contributed by atoms with E-state index in [0.29, 0.717) is 19.0 Å². The van der Waals surface area contributed by atoms with Gasteiger partial charge in [-0.05, 0) is 18.8 Å². The molecule has 3 N–H and O–H groups in total. The van der Waals surface area contributed by atoms with Crippen molar-refractivity contribution < 1.29 is 8.42 Å². The lowest BCUT2D eigenvalue weighted by atomic mass is 9.97. The van der Waals surface area contributed by atoms with Crippen LogP contribution in [0.15, 0.2) is 17.3 Å². The highest BCUT2D eigenvalue weighted by atomic mass is 32.2. The molecule has 0 spiro atoms. The second kappa shape index (κ2) is 5.81. The third kappa shape index (κ3) is 3.02. The van der Waals surface area contributed by atoms with Crippen LogP contribution in [0, 0.1) is 5.92 Å². The lowest BCUT2D eigenvalue weighted by Crippen LogP contribution is -2.39. The Kier molecular flexibility index (Phi) is 4.33. The third-order valence-corrected chi connectivity index (χ3v) is 5.27. The van der Waals surface area contributed by atoms with Crippen molar-refractivity contribution in [3.05, 3.63) is 12.4 Å². The van der Waals surface area contributed by atoms with Gasteiger partial charge in [0.25, 0.3) is 0 Å². The number of nitrogens with two attached hydrogens (primary N) is 1. The number of piperidine rings is 1. The molecule has 1 fully saturated rings. The number of nitrogens with zero attached hydrogens (tertiary/aromatic N) is 3. The second-order valence-corrected chi connectivity index (χ2v) is 6.60. The number of nitrogens with one attached hydrogen (secondary N) is 1. The molecule has 0 saturated carbocycles. The number of hydrazine groups is 1. The number of hydrogen-bond acceptors (Lipinski definition) is 6. The van der Waals surface area contributed by atoms with E-state index >= 15 is 0 Å². The Labute approximate surface area is 113 Å². The smallest absolute Gasteiger partial charge is 0.246 e. The Balaban J connectivity index is 2.20. The van der Waals surface area contributed by atoms with Crippen LogP contribution in [0.25, 0.3) is 0 Å². The van der Waals surface area contributed by atoms with Gasteiger partial charge in [0, 0.05) is 13.1 Å². The number of rotatable bonds is 4. The largest absolute Gasteiger partial charge is 0.292 e. The molecule has 1 aromatic heterocycles. The number of hydrogen-bond donors (Lipinski definition) is 2. The van der Waals surface area contributed by atoms with E-state index in [0.717, 1.165) is 19.3 Å². The molecular formula is C11H19N5O2S. The van der Waals surface area contributed by atoms with Gasteiger partial charge >= 0.3 is 0 Å². The Morgan fingerprint density at radius 3 is 2.74 bits per heavy atom. The number of anilines is 1. The van der Waals surface area contributed by atoms with E-state index in [2.05, 4.69) is 22.3 Å². The zero-order valence-electron chi connectivity index (χ0n) is 10.9. The van der Waals surface area contributed by atoms with Gasteiger partial charge in [-0.25, -0.2) is 24.2 Å². The monoisotopic (exact) mass is 285 g/mol. The molecule has 106 valence electrons. The van der Waals surface area contributed by atoms with Gasteiger partial charge in [-0.1, -0.05) is 13.3 Å². The Bertz CT molecular complexity index is 516. The highest BCUT2D eigenvalue weighted by molar-refractivity contribution is 7.89. The average Bonchev–Trinajstić information content (AvgIpc) is 2.47. The molecule has 0 aromatic carbocycles. The highest BCUT2D eigenvalue weighted by Gasteiger charge is 2.30. The molecule has 7 nitrogen and oxygen atoms in total. The van der Waals surface area contributed by atoms with Crippen LogP contribution in [-0.2, 0) is 10.0 Å². The van der Waals surface area contributed by atoms with Gasteiger partial charge in [-0.15, -0.1) is 0 Å². The van der Waals surface area contributed by atoms with E-state index in [9.17, 15) is 8.42 Å². The third-order valence-electron chi connectivity index (χ3n) is 3.45. The van der Waals surface area contributed by atoms with Crippen LogP contribution >= 0.6 is 0 Å².